The Hall–Kier alpha value is -4.88. The van der Waals surface area contributed by atoms with Crippen molar-refractivity contribution in [3.05, 3.63) is 162 Å². The maximum absolute atomic E-state index is 2.72. The van der Waals surface area contributed by atoms with E-state index >= 15 is 0 Å². The Bertz CT molecular complexity index is 2510. The molecule has 2 unspecified atom stereocenters. The summed E-state index contributed by atoms with van der Waals surface area (Å²) >= 11 is 0. The fraction of sp³-hybridized carbons (Fsp3) is 0.379. The molecule has 0 amide bonds. The fourth-order valence-corrected chi connectivity index (χ4v) is 15.1. The zero-order valence-corrected chi connectivity index (χ0v) is 35.2. The van der Waals surface area contributed by atoms with Gasteiger partial charge in [-0.1, -0.05) is 149 Å². The topological polar surface area (TPSA) is 3.24 Å². The molecule has 4 bridgehead atoms. The van der Waals surface area contributed by atoms with Gasteiger partial charge in [-0.15, -0.1) is 0 Å². The van der Waals surface area contributed by atoms with E-state index in [1.165, 1.54) is 127 Å². The molecule has 6 aromatic rings. The highest BCUT2D eigenvalue weighted by Gasteiger charge is 2.61. The average Bonchev–Trinajstić information content (AvgIpc) is 3.74. The van der Waals surface area contributed by atoms with E-state index < -0.39 is 0 Å². The Kier molecular flexibility index (Phi) is 8.45. The van der Waals surface area contributed by atoms with E-state index in [9.17, 15) is 0 Å². The van der Waals surface area contributed by atoms with Crippen LogP contribution >= 0.6 is 0 Å². The summed E-state index contributed by atoms with van der Waals surface area (Å²) in [7, 11) is 0. The molecule has 7 aliphatic carbocycles. The quantitative estimate of drug-likeness (QED) is 0.149. The molecule has 0 radical (unpaired) electrons. The van der Waals surface area contributed by atoms with Gasteiger partial charge in [-0.05, 0) is 173 Å². The highest BCUT2D eigenvalue weighted by molar-refractivity contribution is 5.93. The lowest BCUT2D eigenvalue weighted by molar-refractivity contribution is -0.0399. The highest BCUT2D eigenvalue weighted by atomic mass is 15.1. The van der Waals surface area contributed by atoms with E-state index in [1.807, 2.05) is 0 Å². The third-order valence-corrected chi connectivity index (χ3v) is 17.3. The SMILES string of the molecule is CCC(CC)CC1CCCCC12c1ccccc1-c1cccc(N(c3ccc(-c4ccccc4)cc3)c3ccc4c(c3)C3(c5ccccc5-4)C4CC5CC(C4)CC3C5)c12. The Labute approximate surface area is 352 Å². The van der Waals surface area contributed by atoms with Gasteiger partial charge in [0, 0.05) is 22.2 Å². The van der Waals surface area contributed by atoms with Crippen LogP contribution in [0.3, 0.4) is 0 Å². The third kappa shape index (κ3) is 5.15. The van der Waals surface area contributed by atoms with Crippen molar-refractivity contribution in [2.75, 3.05) is 4.90 Å². The summed E-state index contributed by atoms with van der Waals surface area (Å²) in [4.78, 5) is 2.72. The van der Waals surface area contributed by atoms with E-state index in [4.69, 9.17) is 0 Å². The van der Waals surface area contributed by atoms with E-state index in [2.05, 4.69) is 158 Å². The van der Waals surface area contributed by atoms with Crippen molar-refractivity contribution in [3.8, 4) is 33.4 Å². The predicted octanol–water partition coefficient (Wildman–Crippen LogP) is 15.8. The lowest BCUT2D eigenvalue weighted by Crippen LogP contribution is -2.55. The van der Waals surface area contributed by atoms with Crippen LogP contribution in [-0.2, 0) is 10.8 Å². The van der Waals surface area contributed by atoms with Crippen LogP contribution in [0, 0.1) is 35.5 Å². The van der Waals surface area contributed by atoms with Gasteiger partial charge in [0.05, 0.1) is 5.69 Å². The summed E-state index contributed by atoms with van der Waals surface area (Å²) in [5.74, 6) is 4.71. The normalized spacial score (nSPS) is 27.9. The number of hydrogen-bond donors (Lipinski definition) is 0. The molecule has 13 rings (SSSR count). The third-order valence-electron chi connectivity index (χ3n) is 17.3. The number of benzene rings is 6. The van der Waals surface area contributed by atoms with E-state index in [1.54, 1.807) is 22.3 Å². The molecule has 6 aromatic carbocycles. The summed E-state index contributed by atoms with van der Waals surface area (Å²) in [6, 6.07) is 54.8. The molecule has 0 heterocycles. The minimum Gasteiger partial charge on any atom is -0.310 e. The number of nitrogens with zero attached hydrogens (tertiary/aromatic N) is 1. The van der Waals surface area contributed by atoms with Gasteiger partial charge >= 0.3 is 0 Å². The van der Waals surface area contributed by atoms with Crippen LogP contribution in [0.25, 0.3) is 33.4 Å². The molecular formula is C58H59N. The van der Waals surface area contributed by atoms with Gasteiger partial charge in [0.25, 0.3) is 0 Å². The van der Waals surface area contributed by atoms with Crippen molar-refractivity contribution in [2.45, 2.75) is 102 Å². The Morgan fingerprint density at radius 2 is 1.15 bits per heavy atom. The van der Waals surface area contributed by atoms with Crippen LogP contribution in [0.15, 0.2) is 140 Å². The maximum atomic E-state index is 2.72. The molecule has 2 spiro atoms. The summed E-state index contributed by atoms with van der Waals surface area (Å²) in [6.07, 6.45) is 16.1. The van der Waals surface area contributed by atoms with Crippen LogP contribution in [0.5, 0.6) is 0 Å². The molecule has 0 aliphatic heterocycles. The molecule has 296 valence electrons. The van der Waals surface area contributed by atoms with E-state index in [-0.39, 0.29) is 10.8 Å². The number of fused-ring (bicyclic) bond motifs is 8. The zero-order valence-electron chi connectivity index (χ0n) is 35.2. The lowest BCUT2D eigenvalue weighted by atomic mass is 9.43. The van der Waals surface area contributed by atoms with Crippen LogP contribution in [0.1, 0.15) is 113 Å². The predicted molar refractivity (Wildman–Crippen MR) is 247 cm³/mol. The first kappa shape index (κ1) is 36.0. The molecular weight excluding hydrogens is 711 g/mol. The molecule has 1 heteroatoms. The van der Waals surface area contributed by atoms with E-state index in [0.717, 1.165) is 29.6 Å². The van der Waals surface area contributed by atoms with Crippen molar-refractivity contribution in [3.63, 3.8) is 0 Å². The van der Waals surface area contributed by atoms with Gasteiger partial charge in [0.15, 0.2) is 0 Å². The second-order valence-corrected chi connectivity index (χ2v) is 19.8. The Morgan fingerprint density at radius 1 is 0.542 bits per heavy atom. The van der Waals surface area contributed by atoms with Crippen LogP contribution in [0.2, 0.25) is 0 Å². The molecule has 0 N–H and O–H groups in total. The Balaban J connectivity index is 1.09. The van der Waals surface area contributed by atoms with Gasteiger partial charge in [0.2, 0.25) is 0 Å². The minimum absolute atomic E-state index is 0.00119. The first-order chi connectivity index (χ1) is 29.1. The van der Waals surface area contributed by atoms with Crippen molar-refractivity contribution in [1.82, 2.24) is 0 Å². The maximum Gasteiger partial charge on any atom is 0.0509 e. The van der Waals surface area contributed by atoms with Gasteiger partial charge in [-0.25, -0.2) is 0 Å². The summed E-state index contributed by atoms with van der Waals surface area (Å²) in [5, 5.41) is 0. The van der Waals surface area contributed by atoms with Crippen LogP contribution < -0.4 is 4.90 Å². The largest absolute Gasteiger partial charge is 0.310 e. The molecule has 1 nitrogen and oxygen atoms in total. The second kappa shape index (κ2) is 13.8. The van der Waals surface area contributed by atoms with Crippen molar-refractivity contribution < 1.29 is 0 Å². The summed E-state index contributed by atoms with van der Waals surface area (Å²) < 4.78 is 0. The lowest BCUT2D eigenvalue weighted by Gasteiger charge is -2.61. The van der Waals surface area contributed by atoms with Crippen LogP contribution in [0.4, 0.5) is 17.1 Å². The Morgan fingerprint density at radius 3 is 1.88 bits per heavy atom. The zero-order chi connectivity index (χ0) is 39.3. The van der Waals surface area contributed by atoms with Gasteiger partial charge in [-0.3, -0.25) is 0 Å². The number of hydrogen-bond acceptors (Lipinski definition) is 1. The van der Waals surface area contributed by atoms with Gasteiger partial charge < -0.3 is 4.90 Å². The highest BCUT2D eigenvalue weighted by Crippen LogP contribution is 2.70. The van der Waals surface area contributed by atoms with Crippen molar-refractivity contribution >= 4 is 17.1 Å². The fourth-order valence-electron chi connectivity index (χ4n) is 15.1. The summed E-state index contributed by atoms with van der Waals surface area (Å²) in [5.41, 5.74) is 19.0. The number of anilines is 3. The minimum atomic E-state index is 0.00119. The van der Waals surface area contributed by atoms with Crippen molar-refractivity contribution in [1.29, 1.82) is 0 Å². The average molecular weight is 770 g/mol. The monoisotopic (exact) mass is 769 g/mol. The van der Waals surface area contributed by atoms with Crippen molar-refractivity contribution in [2.24, 2.45) is 35.5 Å². The second-order valence-electron chi connectivity index (χ2n) is 19.8. The smallest absolute Gasteiger partial charge is 0.0509 e. The first-order valence-corrected chi connectivity index (χ1v) is 23.5. The standard InChI is InChI=1S/C58H59N/c1-3-38(4-2)32-43-17-12-13-30-57(43)52-21-10-8-19-49(52)51-20-14-23-55(56(51)57)59(46-26-24-42(25-27-46)41-15-6-5-7-16-41)47-28-29-50-48-18-9-11-22-53(48)58(54(50)37-47)44-33-39-31-40(35-44)36-45(58)34-39/h5-11,14-16,18-29,37-40,43-45H,3-4,12-13,17,30-36H2,1-2H3. The molecule has 5 fully saturated rings. The van der Waals surface area contributed by atoms with E-state index in [0.29, 0.717) is 5.92 Å². The molecule has 5 saturated carbocycles. The molecule has 59 heavy (non-hydrogen) atoms. The van der Waals surface area contributed by atoms with Crippen LogP contribution in [-0.4, -0.2) is 0 Å². The molecule has 0 aromatic heterocycles. The molecule has 7 aliphatic rings. The van der Waals surface area contributed by atoms with Gasteiger partial charge in [-0.2, -0.15) is 0 Å². The molecule has 0 saturated heterocycles. The van der Waals surface area contributed by atoms with Gasteiger partial charge in [0.1, 0.15) is 0 Å². The first-order valence-electron chi connectivity index (χ1n) is 23.5. The number of rotatable bonds is 8. The summed E-state index contributed by atoms with van der Waals surface area (Å²) in [6.45, 7) is 4.85. The molecule has 2 atom stereocenters.